The van der Waals surface area contributed by atoms with Crippen LogP contribution in [0.5, 0.6) is 0 Å². The molecule has 0 heterocycles. The molecule has 1 aromatic rings. The quantitative estimate of drug-likeness (QED) is 0.747. The molecule has 0 amide bonds. The highest BCUT2D eigenvalue weighted by atomic mass is 32.1. The number of benzene rings is 1. The third kappa shape index (κ3) is 3.05. The van der Waals surface area contributed by atoms with E-state index in [9.17, 15) is 15.0 Å². The van der Waals surface area contributed by atoms with E-state index in [0.29, 0.717) is 0 Å². The molecule has 0 aromatic heterocycles. The molecule has 5 heteroatoms. The molecule has 1 aromatic carbocycles. The van der Waals surface area contributed by atoms with Crippen molar-refractivity contribution in [1.29, 1.82) is 0 Å². The lowest BCUT2D eigenvalue weighted by molar-refractivity contribution is -0.119. The summed E-state index contributed by atoms with van der Waals surface area (Å²) in [6.45, 7) is 1.63. The molecule has 106 valence electrons. The predicted octanol–water partition coefficient (Wildman–Crippen LogP) is 2.60. The number of Topliss-reactive ketones (excluding diaryl/α,β-unsaturated/α-hetero) is 1. The van der Waals surface area contributed by atoms with Gasteiger partial charge in [0.2, 0.25) is 0 Å². The fraction of sp³-hybridized carbons (Fsp3) is 0.333. The van der Waals surface area contributed by atoms with E-state index in [4.69, 9.17) is 12.2 Å². The Kier molecular flexibility index (Phi) is 4.20. The van der Waals surface area contributed by atoms with E-state index < -0.39 is 5.41 Å². The molecule has 0 aliphatic heterocycles. The molecule has 20 heavy (non-hydrogen) atoms. The lowest BCUT2D eigenvalue weighted by Crippen LogP contribution is -2.34. The number of anilines is 1. The monoisotopic (exact) mass is 291 g/mol. The molecule has 0 saturated carbocycles. The van der Waals surface area contributed by atoms with E-state index in [1.54, 1.807) is 6.92 Å². The van der Waals surface area contributed by atoms with E-state index in [1.807, 2.05) is 30.3 Å². The highest BCUT2D eigenvalue weighted by Gasteiger charge is 2.37. The smallest absolute Gasteiger partial charge is 0.169 e. The van der Waals surface area contributed by atoms with Crippen LogP contribution >= 0.6 is 12.2 Å². The number of allylic oxidation sites excluding steroid dienone is 1. The summed E-state index contributed by atoms with van der Waals surface area (Å²) in [5.41, 5.74) is 0.323. The lowest BCUT2D eigenvalue weighted by Gasteiger charge is -2.31. The Labute approximate surface area is 123 Å². The fourth-order valence-electron chi connectivity index (χ4n) is 2.28. The predicted molar refractivity (Wildman–Crippen MR) is 81.8 cm³/mol. The summed E-state index contributed by atoms with van der Waals surface area (Å²) in [6.07, 6.45) is 0.431. The van der Waals surface area contributed by atoms with Crippen LogP contribution in [0.2, 0.25) is 0 Å². The second-order valence-electron chi connectivity index (χ2n) is 5.39. The molecule has 2 rings (SSSR count). The van der Waals surface area contributed by atoms with Gasteiger partial charge in [-0.15, -0.1) is 0 Å². The first-order chi connectivity index (χ1) is 9.45. The van der Waals surface area contributed by atoms with Crippen LogP contribution in [0.3, 0.4) is 0 Å². The molecule has 4 nitrogen and oxygen atoms in total. The fourth-order valence-corrected chi connectivity index (χ4v) is 2.63. The van der Waals surface area contributed by atoms with Gasteiger partial charge in [-0.25, -0.2) is 0 Å². The standard InChI is InChI=1S/C15H17NO3S/c1-15(9-17)7-11(18)13(12(19)8-15)14(20)16-10-5-3-2-4-6-10/h2-6,17-18H,7-9H2,1H3,(H,16,20). The number of thiocarbonyl (C=S) groups is 1. The maximum Gasteiger partial charge on any atom is 0.169 e. The first kappa shape index (κ1) is 14.7. The number of carbonyl (C=O) groups is 1. The molecule has 0 radical (unpaired) electrons. The van der Waals surface area contributed by atoms with Crippen LogP contribution in [0, 0.1) is 5.41 Å². The van der Waals surface area contributed by atoms with Gasteiger partial charge in [0.1, 0.15) is 10.7 Å². The van der Waals surface area contributed by atoms with Crippen molar-refractivity contribution >= 4 is 28.7 Å². The SMILES string of the molecule is CC1(CO)CC(=O)C(C(=S)Nc2ccccc2)=C(O)C1. The first-order valence-corrected chi connectivity index (χ1v) is 6.78. The average Bonchev–Trinajstić information content (AvgIpc) is 2.38. The maximum absolute atomic E-state index is 12.2. The Balaban J connectivity index is 2.21. The molecule has 0 bridgehead atoms. The zero-order valence-electron chi connectivity index (χ0n) is 11.2. The van der Waals surface area contributed by atoms with Crippen LogP contribution in [0.1, 0.15) is 19.8 Å². The van der Waals surface area contributed by atoms with Crippen molar-refractivity contribution in [3.05, 3.63) is 41.7 Å². The Morgan fingerprint density at radius 1 is 1.35 bits per heavy atom. The van der Waals surface area contributed by atoms with Crippen molar-refractivity contribution in [3.63, 3.8) is 0 Å². The minimum atomic E-state index is -0.604. The van der Waals surface area contributed by atoms with Crippen LogP contribution in [-0.4, -0.2) is 27.6 Å². The Bertz CT molecular complexity index is 568. The van der Waals surface area contributed by atoms with E-state index in [-0.39, 0.29) is 41.6 Å². The molecule has 1 aliphatic rings. The number of carbonyl (C=O) groups excluding carboxylic acids is 1. The van der Waals surface area contributed by atoms with Crippen LogP contribution < -0.4 is 5.32 Å². The van der Waals surface area contributed by atoms with Crippen LogP contribution in [0.25, 0.3) is 0 Å². The van der Waals surface area contributed by atoms with Gasteiger partial charge in [-0.1, -0.05) is 37.3 Å². The summed E-state index contributed by atoms with van der Waals surface area (Å²) in [5.74, 6) is -0.287. The van der Waals surface area contributed by atoms with Crippen LogP contribution in [0.4, 0.5) is 5.69 Å². The summed E-state index contributed by atoms with van der Waals surface area (Å²) in [6, 6.07) is 9.24. The number of aliphatic hydroxyl groups excluding tert-OH is 2. The van der Waals surface area contributed by atoms with Crippen molar-refractivity contribution in [2.45, 2.75) is 19.8 Å². The van der Waals surface area contributed by atoms with Gasteiger partial charge >= 0.3 is 0 Å². The van der Waals surface area contributed by atoms with E-state index in [2.05, 4.69) is 5.32 Å². The van der Waals surface area contributed by atoms with Crippen molar-refractivity contribution in [2.24, 2.45) is 5.41 Å². The topological polar surface area (TPSA) is 69.6 Å². The van der Waals surface area contributed by atoms with Gasteiger partial charge in [0, 0.05) is 30.6 Å². The zero-order chi connectivity index (χ0) is 14.8. The van der Waals surface area contributed by atoms with Gasteiger partial charge in [0.25, 0.3) is 0 Å². The molecule has 1 atom stereocenters. The van der Waals surface area contributed by atoms with Crippen molar-refractivity contribution < 1.29 is 15.0 Å². The van der Waals surface area contributed by atoms with Gasteiger partial charge < -0.3 is 15.5 Å². The van der Waals surface area contributed by atoms with Gasteiger partial charge in [-0.05, 0) is 12.1 Å². The first-order valence-electron chi connectivity index (χ1n) is 6.38. The number of rotatable bonds is 3. The molecular weight excluding hydrogens is 274 g/mol. The zero-order valence-corrected chi connectivity index (χ0v) is 12.0. The normalized spacial score (nSPS) is 22.8. The lowest BCUT2D eigenvalue weighted by atomic mass is 9.75. The third-order valence-corrected chi connectivity index (χ3v) is 3.70. The van der Waals surface area contributed by atoms with E-state index in [0.717, 1.165) is 5.69 Å². The Morgan fingerprint density at radius 3 is 2.55 bits per heavy atom. The number of nitrogens with one attached hydrogen (secondary N) is 1. The highest BCUT2D eigenvalue weighted by molar-refractivity contribution is 7.81. The number of ketones is 1. The number of para-hydroxylation sites is 1. The summed E-state index contributed by atoms with van der Waals surface area (Å²) < 4.78 is 0. The van der Waals surface area contributed by atoms with E-state index >= 15 is 0 Å². The number of hydrogen-bond donors (Lipinski definition) is 3. The van der Waals surface area contributed by atoms with Crippen LogP contribution in [0.15, 0.2) is 41.7 Å². The maximum atomic E-state index is 12.2. The summed E-state index contributed by atoms with van der Waals surface area (Å²) in [4.78, 5) is 12.4. The molecular formula is C15H17NO3S. The van der Waals surface area contributed by atoms with Gasteiger partial charge in [0.15, 0.2) is 5.78 Å². The van der Waals surface area contributed by atoms with Gasteiger partial charge in [-0.2, -0.15) is 0 Å². The average molecular weight is 291 g/mol. The molecule has 0 spiro atoms. The molecule has 1 unspecified atom stereocenters. The van der Waals surface area contributed by atoms with Crippen molar-refractivity contribution in [2.75, 3.05) is 11.9 Å². The Hall–Kier alpha value is -1.72. The Morgan fingerprint density at radius 2 is 2.00 bits per heavy atom. The summed E-state index contributed by atoms with van der Waals surface area (Å²) in [5, 5.41) is 22.3. The second-order valence-corrected chi connectivity index (χ2v) is 5.80. The highest BCUT2D eigenvalue weighted by Crippen LogP contribution is 2.36. The molecule has 0 fully saturated rings. The number of hydrogen-bond acceptors (Lipinski definition) is 4. The largest absolute Gasteiger partial charge is 0.511 e. The minimum Gasteiger partial charge on any atom is -0.511 e. The molecule has 0 saturated heterocycles. The van der Waals surface area contributed by atoms with Crippen molar-refractivity contribution in [1.82, 2.24) is 0 Å². The van der Waals surface area contributed by atoms with Gasteiger partial charge in [-0.3, -0.25) is 4.79 Å². The van der Waals surface area contributed by atoms with E-state index in [1.165, 1.54) is 0 Å². The molecule has 3 N–H and O–H groups in total. The minimum absolute atomic E-state index is 0.0498. The third-order valence-electron chi connectivity index (χ3n) is 3.39. The number of aliphatic hydroxyl groups is 2. The van der Waals surface area contributed by atoms with Crippen molar-refractivity contribution in [3.8, 4) is 0 Å². The van der Waals surface area contributed by atoms with Crippen LogP contribution in [-0.2, 0) is 4.79 Å². The summed E-state index contributed by atoms with van der Waals surface area (Å²) in [7, 11) is 0. The summed E-state index contributed by atoms with van der Waals surface area (Å²) >= 11 is 5.21. The second kappa shape index (κ2) is 5.73. The van der Waals surface area contributed by atoms with Gasteiger partial charge in [0.05, 0.1) is 5.57 Å². The molecule has 1 aliphatic carbocycles.